The maximum absolute atomic E-state index is 13.2. The Kier molecular flexibility index (Phi) is 6.02. The van der Waals surface area contributed by atoms with Crippen LogP contribution in [-0.4, -0.2) is 55.7 Å². The highest BCUT2D eigenvalue weighted by atomic mass is 35.5. The lowest BCUT2D eigenvalue weighted by molar-refractivity contribution is -0.130. The molecule has 2 aromatic carbocycles. The van der Waals surface area contributed by atoms with Crippen molar-refractivity contribution in [2.75, 3.05) is 20.3 Å². The molecule has 2 N–H and O–H groups in total. The van der Waals surface area contributed by atoms with Crippen LogP contribution in [0, 0.1) is 0 Å². The van der Waals surface area contributed by atoms with Gasteiger partial charge < -0.3 is 10.6 Å². The highest BCUT2D eigenvalue weighted by Crippen LogP contribution is 2.33. The normalized spacial score (nSPS) is 17.8. The van der Waals surface area contributed by atoms with Crippen LogP contribution < -0.4 is 5.73 Å². The first-order valence-electron chi connectivity index (χ1n) is 9.58. The first-order valence-corrected chi connectivity index (χ1v) is 12.2. The number of sulfonamides is 1. The van der Waals surface area contributed by atoms with Crippen LogP contribution in [0.1, 0.15) is 12.0 Å². The Morgan fingerprint density at radius 3 is 2.74 bits per heavy atom. The molecule has 4 rings (SSSR count). The van der Waals surface area contributed by atoms with Gasteiger partial charge in [-0.1, -0.05) is 48.0 Å². The van der Waals surface area contributed by atoms with E-state index in [1.54, 1.807) is 24.3 Å². The van der Waals surface area contributed by atoms with E-state index >= 15 is 0 Å². The minimum Gasteiger partial charge on any atom is -0.383 e. The van der Waals surface area contributed by atoms with Crippen LogP contribution in [0.5, 0.6) is 0 Å². The molecule has 1 amide bonds. The summed E-state index contributed by atoms with van der Waals surface area (Å²) in [5, 5.41) is 1.34. The summed E-state index contributed by atoms with van der Waals surface area (Å²) in [6.45, 7) is 0.502. The Balaban J connectivity index is 1.49. The van der Waals surface area contributed by atoms with E-state index in [1.807, 2.05) is 30.3 Å². The molecule has 1 aromatic heterocycles. The van der Waals surface area contributed by atoms with Crippen molar-refractivity contribution in [3.05, 3.63) is 65.2 Å². The molecule has 1 aliphatic heterocycles. The third kappa shape index (κ3) is 4.31. The zero-order valence-electron chi connectivity index (χ0n) is 16.7. The summed E-state index contributed by atoms with van der Waals surface area (Å²) in [6, 6.07) is 15.4. The van der Waals surface area contributed by atoms with Crippen LogP contribution in [0.15, 0.2) is 63.8 Å². The SMILES string of the molecule is CN([C@H]1CCN(CN=C(N)c2ccccc2)C1=O)S(=O)(=O)c1cc2ccc(Cl)cc2s1. The predicted octanol–water partition coefficient (Wildman–Crippen LogP) is 3.14. The smallest absolute Gasteiger partial charge is 0.253 e. The number of carbonyl (C=O) groups is 1. The van der Waals surface area contributed by atoms with E-state index in [9.17, 15) is 13.2 Å². The average molecular weight is 477 g/mol. The van der Waals surface area contributed by atoms with Gasteiger partial charge in [0.2, 0.25) is 5.91 Å². The van der Waals surface area contributed by atoms with Gasteiger partial charge in [0.25, 0.3) is 10.0 Å². The van der Waals surface area contributed by atoms with Gasteiger partial charge in [0.05, 0.1) is 0 Å². The number of rotatable bonds is 6. The number of nitrogens with two attached hydrogens (primary N) is 1. The molecule has 0 bridgehead atoms. The number of amidine groups is 1. The summed E-state index contributed by atoms with van der Waals surface area (Å²) < 4.78 is 28.4. The number of fused-ring (bicyclic) bond motifs is 1. The maximum atomic E-state index is 13.2. The van der Waals surface area contributed by atoms with Crippen molar-refractivity contribution in [1.82, 2.24) is 9.21 Å². The quantitative estimate of drug-likeness (QED) is 0.436. The molecular formula is C21H21ClN4O3S2. The van der Waals surface area contributed by atoms with Crippen LogP contribution in [0.2, 0.25) is 5.02 Å². The fraction of sp³-hybridized carbons (Fsp3) is 0.238. The number of hydrogen-bond acceptors (Lipinski definition) is 5. The number of likely N-dealkylation sites (tertiary alicyclic amines) is 1. The van der Waals surface area contributed by atoms with Crippen molar-refractivity contribution >= 4 is 54.8 Å². The topological polar surface area (TPSA) is 96.1 Å². The first kappa shape index (κ1) is 21.8. The van der Waals surface area contributed by atoms with Crippen LogP contribution in [0.4, 0.5) is 0 Å². The van der Waals surface area contributed by atoms with Gasteiger partial charge in [-0.3, -0.25) is 4.79 Å². The molecule has 0 saturated carbocycles. The molecule has 2 heterocycles. The van der Waals surface area contributed by atoms with E-state index in [2.05, 4.69) is 4.99 Å². The number of carbonyl (C=O) groups excluding carboxylic acids is 1. The molecule has 1 aliphatic rings. The van der Waals surface area contributed by atoms with E-state index < -0.39 is 16.1 Å². The molecule has 0 unspecified atom stereocenters. The average Bonchev–Trinajstić information content (AvgIpc) is 3.35. The standard InChI is InChI=1S/C21H21ClN4O3S2/c1-25(31(28,29)19-11-15-7-8-16(22)12-18(15)30-19)17-9-10-26(21(17)27)13-24-20(23)14-5-3-2-4-6-14/h2-8,11-12,17H,9-10,13H2,1H3,(H2,23,24)/t17-/m0/s1. The van der Waals surface area contributed by atoms with Gasteiger partial charge in [0.1, 0.15) is 22.8 Å². The van der Waals surface area contributed by atoms with Gasteiger partial charge in [-0.2, -0.15) is 4.31 Å². The summed E-state index contributed by atoms with van der Waals surface area (Å²) in [5.74, 6) is 0.0570. The van der Waals surface area contributed by atoms with E-state index in [1.165, 1.54) is 11.9 Å². The third-order valence-electron chi connectivity index (χ3n) is 5.28. The molecule has 162 valence electrons. The first-order chi connectivity index (χ1) is 14.8. The fourth-order valence-electron chi connectivity index (χ4n) is 3.48. The number of halogens is 1. The van der Waals surface area contributed by atoms with Crippen molar-refractivity contribution in [3.8, 4) is 0 Å². The molecule has 1 atom stereocenters. The highest BCUT2D eigenvalue weighted by Gasteiger charge is 2.40. The van der Waals surface area contributed by atoms with Crippen molar-refractivity contribution < 1.29 is 13.2 Å². The van der Waals surface area contributed by atoms with Gasteiger partial charge in [0, 0.05) is 28.9 Å². The van der Waals surface area contributed by atoms with E-state index in [0.29, 0.717) is 23.8 Å². The molecule has 0 radical (unpaired) electrons. The lowest BCUT2D eigenvalue weighted by atomic mass is 10.2. The minimum atomic E-state index is -3.83. The number of hydrogen-bond donors (Lipinski definition) is 1. The predicted molar refractivity (Wildman–Crippen MR) is 124 cm³/mol. The summed E-state index contributed by atoms with van der Waals surface area (Å²) >= 11 is 7.15. The van der Waals surface area contributed by atoms with Crippen molar-refractivity contribution in [3.63, 3.8) is 0 Å². The van der Waals surface area contributed by atoms with Gasteiger partial charge in [-0.05, 0) is 30.0 Å². The van der Waals surface area contributed by atoms with Crippen LogP contribution in [-0.2, 0) is 14.8 Å². The summed E-state index contributed by atoms with van der Waals surface area (Å²) in [7, 11) is -2.38. The highest BCUT2D eigenvalue weighted by molar-refractivity contribution is 7.91. The Labute approximate surface area is 189 Å². The van der Waals surface area contributed by atoms with Gasteiger partial charge in [-0.15, -0.1) is 11.3 Å². The Bertz CT molecular complexity index is 1260. The van der Waals surface area contributed by atoms with Crippen LogP contribution >= 0.6 is 22.9 Å². The second-order valence-corrected chi connectivity index (χ2v) is 11.0. The number of nitrogens with zero attached hydrogens (tertiary/aromatic N) is 3. The Hall–Kier alpha value is -2.46. The number of amides is 1. The molecular weight excluding hydrogens is 456 g/mol. The van der Waals surface area contributed by atoms with Gasteiger partial charge in [-0.25, -0.2) is 13.4 Å². The molecule has 1 saturated heterocycles. The molecule has 0 spiro atoms. The second kappa shape index (κ2) is 8.58. The number of likely N-dealkylation sites (N-methyl/N-ethyl adjacent to an activating group) is 1. The maximum Gasteiger partial charge on any atom is 0.253 e. The second-order valence-electron chi connectivity index (χ2n) is 7.23. The molecule has 0 aliphatic carbocycles. The summed E-state index contributed by atoms with van der Waals surface area (Å²) in [4.78, 5) is 18.7. The molecule has 10 heteroatoms. The molecule has 3 aromatic rings. The lowest BCUT2D eigenvalue weighted by Gasteiger charge is -2.22. The zero-order chi connectivity index (χ0) is 22.2. The molecule has 31 heavy (non-hydrogen) atoms. The number of benzene rings is 2. The Morgan fingerprint density at radius 2 is 2.00 bits per heavy atom. The lowest BCUT2D eigenvalue weighted by Crippen LogP contribution is -2.42. The largest absolute Gasteiger partial charge is 0.383 e. The summed E-state index contributed by atoms with van der Waals surface area (Å²) in [5.41, 5.74) is 6.78. The van der Waals surface area contributed by atoms with Crippen molar-refractivity contribution in [2.45, 2.75) is 16.7 Å². The zero-order valence-corrected chi connectivity index (χ0v) is 19.1. The van der Waals surface area contributed by atoms with Gasteiger partial charge in [0.15, 0.2) is 0 Å². The van der Waals surface area contributed by atoms with Crippen LogP contribution in [0.25, 0.3) is 10.1 Å². The van der Waals surface area contributed by atoms with Gasteiger partial charge >= 0.3 is 0 Å². The number of aliphatic imine (C=N–C) groups is 1. The monoisotopic (exact) mass is 476 g/mol. The van der Waals surface area contributed by atoms with Crippen molar-refractivity contribution in [2.24, 2.45) is 10.7 Å². The van der Waals surface area contributed by atoms with Crippen molar-refractivity contribution in [1.29, 1.82) is 0 Å². The molecule has 7 nitrogen and oxygen atoms in total. The summed E-state index contributed by atoms with van der Waals surface area (Å²) in [6.07, 6.45) is 0.395. The van der Waals surface area contributed by atoms with Crippen LogP contribution in [0.3, 0.4) is 0 Å². The third-order valence-corrected chi connectivity index (χ3v) is 8.93. The number of thiophene rings is 1. The van der Waals surface area contributed by atoms with E-state index in [-0.39, 0.29) is 16.8 Å². The minimum absolute atomic E-state index is 0.0886. The Morgan fingerprint density at radius 1 is 1.26 bits per heavy atom. The fourth-order valence-corrected chi connectivity index (χ4v) is 6.68. The van der Waals surface area contributed by atoms with E-state index in [4.69, 9.17) is 17.3 Å². The molecule has 1 fully saturated rings. The van der Waals surface area contributed by atoms with E-state index in [0.717, 1.165) is 31.3 Å².